The van der Waals surface area contributed by atoms with Crippen LogP contribution in [0.2, 0.25) is 0 Å². The van der Waals surface area contributed by atoms with Crippen LogP contribution in [0.3, 0.4) is 0 Å². The van der Waals surface area contributed by atoms with Gasteiger partial charge in [0.1, 0.15) is 4.91 Å². The fourth-order valence-electron chi connectivity index (χ4n) is 2.97. The van der Waals surface area contributed by atoms with E-state index in [9.17, 15) is 4.79 Å². The molecule has 166 valence electrons. The van der Waals surface area contributed by atoms with E-state index in [1.165, 1.54) is 18.9 Å². The summed E-state index contributed by atoms with van der Waals surface area (Å²) in [5.74, 6) is 0.832. The lowest BCUT2D eigenvalue weighted by Gasteiger charge is -2.32. The van der Waals surface area contributed by atoms with Gasteiger partial charge in [-0.25, -0.2) is 4.79 Å². The van der Waals surface area contributed by atoms with E-state index in [0.717, 1.165) is 22.5 Å². The zero-order valence-corrected chi connectivity index (χ0v) is 20.2. The Bertz CT molecular complexity index is 792. The van der Waals surface area contributed by atoms with E-state index in [2.05, 4.69) is 19.2 Å². The SMILES string of the molecule is COC(=O)/C(SCC(C)C)=C(/N)CNc1cccc(B2OC(C)(C)C(C)(C)O2)c1C. The minimum atomic E-state index is -0.433. The molecule has 0 bridgehead atoms. The Morgan fingerprint density at radius 2 is 1.83 bits per heavy atom. The molecule has 0 radical (unpaired) electrons. The number of methoxy groups -OCH3 is 1. The summed E-state index contributed by atoms with van der Waals surface area (Å²) >= 11 is 1.43. The molecular formula is C22H35BN2O4S. The van der Waals surface area contributed by atoms with Gasteiger partial charge in [0.15, 0.2) is 0 Å². The molecule has 1 aromatic rings. The molecule has 1 aliphatic heterocycles. The van der Waals surface area contributed by atoms with Crippen LogP contribution in [0.25, 0.3) is 0 Å². The van der Waals surface area contributed by atoms with E-state index in [4.69, 9.17) is 19.8 Å². The maximum atomic E-state index is 12.2. The van der Waals surface area contributed by atoms with Gasteiger partial charge in [0, 0.05) is 17.1 Å². The van der Waals surface area contributed by atoms with Crippen molar-refractivity contribution >= 4 is 36.0 Å². The molecule has 0 saturated carbocycles. The predicted octanol–water partition coefficient (Wildman–Crippen LogP) is 3.44. The largest absolute Gasteiger partial charge is 0.495 e. The molecule has 0 unspecified atom stereocenters. The topological polar surface area (TPSA) is 82.8 Å². The first-order valence-corrected chi connectivity index (χ1v) is 11.3. The van der Waals surface area contributed by atoms with E-state index < -0.39 is 24.3 Å². The summed E-state index contributed by atoms with van der Waals surface area (Å²) in [6, 6.07) is 5.96. The van der Waals surface area contributed by atoms with Gasteiger partial charge in [0.05, 0.1) is 24.9 Å². The van der Waals surface area contributed by atoms with Crippen molar-refractivity contribution in [3.63, 3.8) is 0 Å². The zero-order valence-electron chi connectivity index (χ0n) is 19.4. The second-order valence-electron chi connectivity index (χ2n) is 9.01. The maximum Gasteiger partial charge on any atom is 0.495 e. The standard InChI is InChI=1S/C22H35BN2O4S/c1-14(2)13-30-19(20(26)27-8)17(24)12-25-18-11-9-10-16(15(18)3)23-28-21(4,5)22(6,7)29-23/h9-11,14,25H,12-13,24H2,1-8H3/b19-17-. The summed E-state index contributed by atoms with van der Waals surface area (Å²) in [6.45, 7) is 14.7. The molecule has 0 spiro atoms. The van der Waals surface area contributed by atoms with E-state index in [-0.39, 0.29) is 0 Å². The van der Waals surface area contributed by atoms with Crippen molar-refractivity contribution in [3.05, 3.63) is 34.4 Å². The fourth-order valence-corrected chi connectivity index (χ4v) is 3.93. The summed E-state index contributed by atoms with van der Waals surface area (Å²) < 4.78 is 17.3. The van der Waals surface area contributed by atoms with E-state index >= 15 is 0 Å². The number of nitrogens with two attached hydrogens (primary N) is 1. The Morgan fingerprint density at radius 3 is 2.37 bits per heavy atom. The first-order chi connectivity index (χ1) is 13.9. The summed E-state index contributed by atoms with van der Waals surface area (Å²) in [4.78, 5) is 12.6. The second kappa shape index (κ2) is 9.66. The monoisotopic (exact) mass is 434 g/mol. The van der Waals surface area contributed by atoms with Crippen LogP contribution in [0.5, 0.6) is 0 Å². The highest BCUT2D eigenvalue weighted by molar-refractivity contribution is 8.04. The molecule has 1 fully saturated rings. The predicted molar refractivity (Wildman–Crippen MR) is 126 cm³/mol. The minimum absolute atomic E-state index is 0.336. The number of esters is 1. The van der Waals surface area contributed by atoms with E-state index in [0.29, 0.717) is 23.1 Å². The summed E-state index contributed by atoms with van der Waals surface area (Å²) in [5, 5.41) is 3.35. The number of anilines is 1. The van der Waals surface area contributed by atoms with Crippen molar-refractivity contribution in [2.45, 2.75) is 59.7 Å². The fraction of sp³-hybridized carbons (Fsp3) is 0.591. The van der Waals surface area contributed by atoms with Crippen molar-refractivity contribution in [1.82, 2.24) is 0 Å². The Labute approximate surface area is 185 Å². The first-order valence-electron chi connectivity index (χ1n) is 10.3. The number of ether oxygens (including phenoxy) is 1. The lowest BCUT2D eigenvalue weighted by atomic mass is 9.76. The molecule has 0 amide bonds. The van der Waals surface area contributed by atoms with Crippen LogP contribution in [-0.2, 0) is 18.8 Å². The van der Waals surface area contributed by atoms with Gasteiger partial charge >= 0.3 is 13.1 Å². The molecule has 8 heteroatoms. The lowest BCUT2D eigenvalue weighted by Crippen LogP contribution is -2.41. The third-order valence-corrected chi connectivity index (χ3v) is 7.13. The van der Waals surface area contributed by atoms with Gasteiger partial charge in [0.25, 0.3) is 0 Å². The summed E-state index contributed by atoms with van der Waals surface area (Å²) in [7, 11) is 0.939. The Kier molecular flexibility index (Phi) is 7.94. The number of hydrogen-bond donors (Lipinski definition) is 2. The van der Waals surface area contributed by atoms with Crippen LogP contribution in [0.15, 0.2) is 28.8 Å². The lowest BCUT2D eigenvalue weighted by molar-refractivity contribution is -0.135. The average molecular weight is 434 g/mol. The molecule has 30 heavy (non-hydrogen) atoms. The molecule has 1 saturated heterocycles. The highest BCUT2D eigenvalue weighted by Gasteiger charge is 2.52. The maximum absolute atomic E-state index is 12.2. The first kappa shape index (κ1) is 24.6. The van der Waals surface area contributed by atoms with Crippen LogP contribution in [0.4, 0.5) is 5.69 Å². The summed E-state index contributed by atoms with van der Waals surface area (Å²) in [6.07, 6.45) is 0. The van der Waals surface area contributed by atoms with Gasteiger partial charge in [-0.2, -0.15) is 0 Å². The molecule has 1 heterocycles. The van der Waals surface area contributed by atoms with Gasteiger partial charge in [-0.1, -0.05) is 26.0 Å². The quantitative estimate of drug-likeness (QED) is 0.369. The van der Waals surface area contributed by atoms with Gasteiger partial charge in [0.2, 0.25) is 0 Å². The number of nitrogens with one attached hydrogen (secondary N) is 1. The third-order valence-electron chi connectivity index (χ3n) is 5.58. The van der Waals surface area contributed by atoms with Gasteiger partial charge in [-0.3, -0.25) is 0 Å². The third kappa shape index (κ3) is 5.53. The van der Waals surface area contributed by atoms with Crippen LogP contribution >= 0.6 is 11.8 Å². The zero-order chi connectivity index (χ0) is 22.7. The van der Waals surface area contributed by atoms with Crippen LogP contribution in [-0.4, -0.2) is 43.7 Å². The number of rotatable bonds is 8. The normalized spacial score (nSPS) is 18.4. The van der Waals surface area contributed by atoms with Crippen molar-refractivity contribution in [2.24, 2.45) is 11.7 Å². The molecule has 0 aromatic heterocycles. The summed E-state index contributed by atoms with van der Waals surface area (Å²) in [5.41, 5.74) is 8.84. The van der Waals surface area contributed by atoms with Crippen LogP contribution in [0, 0.1) is 12.8 Å². The number of hydrogen-bond acceptors (Lipinski definition) is 7. The smallest absolute Gasteiger partial charge is 0.465 e. The van der Waals surface area contributed by atoms with Crippen LogP contribution < -0.4 is 16.5 Å². The van der Waals surface area contributed by atoms with Crippen molar-refractivity contribution in [3.8, 4) is 0 Å². The number of carbonyl (C=O) groups is 1. The minimum Gasteiger partial charge on any atom is -0.465 e. The van der Waals surface area contributed by atoms with E-state index in [1.807, 2.05) is 52.8 Å². The Hall–Kier alpha value is -1.64. The molecule has 1 aromatic carbocycles. The Balaban J connectivity index is 2.20. The highest BCUT2D eigenvalue weighted by Crippen LogP contribution is 2.37. The molecule has 1 aliphatic rings. The molecular weight excluding hydrogens is 399 g/mol. The van der Waals surface area contributed by atoms with Gasteiger partial charge in [-0.05, 0) is 57.6 Å². The van der Waals surface area contributed by atoms with Crippen molar-refractivity contribution in [1.29, 1.82) is 0 Å². The number of benzene rings is 1. The van der Waals surface area contributed by atoms with E-state index in [1.54, 1.807) is 0 Å². The number of carbonyl (C=O) groups excluding carboxylic acids is 1. The molecule has 2 rings (SSSR count). The molecule has 0 atom stereocenters. The van der Waals surface area contributed by atoms with Gasteiger partial charge in [-0.15, -0.1) is 11.8 Å². The molecule has 6 nitrogen and oxygen atoms in total. The second-order valence-corrected chi connectivity index (χ2v) is 10.0. The number of thioether (sulfide) groups is 1. The Morgan fingerprint density at radius 1 is 1.23 bits per heavy atom. The molecule has 0 aliphatic carbocycles. The average Bonchev–Trinajstić information content (AvgIpc) is 2.87. The van der Waals surface area contributed by atoms with Crippen molar-refractivity contribution < 1.29 is 18.8 Å². The highest BCUT2D eigenvalue weighted by atomic mass is 32.2. The molecule has 3 N–H and O–H groups in total. The van der Waals surface area contributed by atoms with Crippen LogP contribution in [0.1, 0.15) is 47.1 Å². The van der Waals surface area contributed by atoms with Gasteiger partial charge < -0.3 is 25.1 Å². The van der Waals surface area contributed by atoms with Crippen molar-refractivity contribution in [2.75, 3.05) is 24.7 Å².